The van der Waals surface area contributed by atoms with Crippen molar-refractivity contribution >= 4 is 34.1 Å². The van der Waals surface area contributed by atoms with Crippen LogP contribution in [0.15, 0.2) is 60.8 Å². The lowest BCUT2D eigenvalue weighted by atomic mass is 9.79. The highest BCUT2D eigenvalue weighted by atomic mass is 16.2. The number of carbonyl (C=O) groups excluding carboxylic acids is 2. The molecule has 3 aliphatic rings. The Balaban J connectivity index is 1.40. The molecule has 1 aliphatic carbocycles. The zero-order valence-electron chi connectivity index (χ0n) is 21.7. The molecule has 0 saturated carbocycles. The van der Waals surface area contributed by atoms with Crippen LogP contribution in [0.25, 0.3) is 16.5 Å². The third-order valence-electron chi connectivity index (χ3n) is 8.03. The Morgan fingerprint density at radius 3 is 2.57 bits per heavy atom. The van der Waals surface area contributed by atoms with E-state index in [9.17, 15) is 9.59 Å². The average Bonchev–Trinajstić information content (AvgIpc) is 3.57. The van der Waals surface area contributed by atoms with Gasteiger partial charge in [-0.1, -0.05) is 36.4 Å². The summed E-state index contributed by atoms with van der Waals surface area (Å²) >= 11 is 0. The molecule has 7 nitrogen and oxygen atoms in total. The van der Waals surface area contributed by atoms with Gasteiger partial charge in [0, 0.05) is 55.5 Å². The van der Waals surface area contributed by atoms with Crippen molar-refractivity contribution in [2.75, 3.05) is 45.6 Å². The molecule has 1 saturated heterocycles. The highest BCUT2D eigenvalue weighted by molar-refractivity contribution is 6.02. The Labute approximate surface area is 218 Å². The number of likely N-dealkylation sites (tertiary alicyclic amines) is 1. The van der Waals surface area contributed by atoms with Gasteiger partial charge in [-0.25, -0.2) is 4.79 Å². The van der Waals surface area contributed by atoms with Gasteiger partial charge in [-0.2, -0.15) is 0 Å². The zero-order chi connectivity index (χ0) is 25.5. The molecule has 2 aromatic carbocycles. The Hall–Kier alpha value is -3.58. The van der Waals surface area contributed by atoms with Crippen LogP contribution in [0.4, 0.5) is 10.5 Å². The van der Waals surface area contributed by atoms with Crippen molar-refractivity contribution in [3.63, 3.8) is 0 Å². The van der Waals surface area contributed by atoms with E-state index in [1.807, 2.05) is 40.1 Å². The van der Waals surface area contributed by atoms with E-state index in [0.29, 0.717) is 6.54 Å². The Bertz CT molecular complexity index is 1350. The van der Waals surface area contributed by atoms with Crippen LogP contribution in [0.5, 0.6) is 0 Å². The minimum atomic E-state index is -0.335. The Kier molecular flexibility index (Phi) is 6.24. The molecule has 7 heteroatoms. The summed E-state index contributed by atoms with van der Waals surface area (Å²) in [6, 6.07) is 15.8. The Morgan fingerprint density at radius 2 is 1.81 bits per heavy atom. The number of fused-ring (bicyclic) bond motifs is 2. The number of hydrogen-bond donors (Lipinski definition) is 1. The summed E-state index contributed by atoms with van der Waals surface area (Å²) in [4.78, 5) is 33.3. The third-order valence-corrected chi connectivity index (χ3v) is 8.03. The maximum Gasteiger partial charge on any atom is 0.322 e. The summed E-state index contributed by atoms with van der Waals surface area (Å²) in [5.41, 5.74) is 5.52. The smallest absolute Gasteiger partial charge is 0.322 e. The number of nitrogens with zero attached hydrogens (tertiary/aromatic N) is 4. The quantitative estimate of drug-likeness (QED) is 0.572. The first-order valence-corrected chi connectivity index (χ1v) is 13.4. The van der Waals surface area contributed by atoms with Crippen LogP contribution in [0.3, 0.4) is 0 Å². The molecule has 1 aromatic heterocycles. The van der Waals surface area contributed by atoms with Crippen molar-refractivity contribution in [2.45, 2.75) is 31.8 Å². The van der Waals surface area contributed by atoms with Gasteiger partial charge in [-0.3, -0.25) is 4.79 Å². The van der Waals surface area contributed by atoms with E-state index in [2.05, 4.69) is 59.4 Å². The van der Waals surface area contributed by atoms with Gasteiger partial charge in [0.1, 0.15) is 0 Å². The number of nitrogens with one attached hydrogen (secondary N) is 1. The molecule has 0 unspecified atom stereocenters. The number of benzene rings is 2. The van der Waals surface area contributed by atoms with Crippen LogP contribution in [0, 0.1) is 5.92 Å². The number of anilines is 1. The lowest BCUT2D eigenvalue weighted by molar-refractivity contribution is -0.133. The van der Waals surface area contributed by atoms with Crippen LogP contribution in [0.2, 0.25) is 0 Å². The first kappa shape index (κ1) is 23.8. The van der Waals surface area contributed by atoms with E-state index in [4.69, 9.17) is 0 Å². The van der Waals surface area contributed by atoms with E-state index in [0.717, 1.165) is 62.3 Å². The van der Waals surface area contributed by atoms with E-state index < -0.39 is 0 Å². The lowest BCUT2D eigenvalue weighted by Gasteiger charge is -2.42. The number of para-hydroxylation sites is 1. The molecular formula is C30H35N5O2. The molecular weight excluding hydrogens is 462 g/mol. The monoisotopic (exact) mass is 497 g/mol. The first-order chi connectivity index (χ1) is 18.0. The summed E-state index contributed by atoms with van der Waals surface area (Å²) in [5, 5.41) is 4.35. The summed E-state index contributed by atoms with van der Waals surface area (Å²) < 4.78 is 2.34. The molecule has 192 valence electrons. The van der Waals surface area contributed by atoms with Crippen molar-refractivity contribution < 1.29 is 9.59 Å². The molecule has 3 aromatic rings. The predicted octanol–water partition coefficient (Wildman–Crippen LogP) is 4.30. The molecule has 0 bridgehead atoms. The van der Waals surface area contributed by atoms with Gasteiger partial charge in [0.05, 0.1) is 12.0 Å². The third kappa shape index (κ3) is 4.42. The fourth-order valence-electron chi connectivity index (χ4n) is 6.18. The Morgan fingerprint density at radius 1 is 1.03 bits per heavy atom. The highest BCUT2D eigenvalue weighted by Crippen LogP contribution is 2.42. The van der Waals surface area contributed by atoms with E-state index in [-0.39, 0.29) is 23.9 Å². The van der Waals surface area contributed by atoms with Crippen molar-refractivity contribution in [1.82, 2.24) is 19.3 Å². The second-order valence-corrected chi connectivity index (χ2v) is 10.8. The van der Waals surface area contributed by atoms with Crippen molar-refractivity contribution in [1.29, 1.82) is 0 Å². The largest absolute Gasteiger partial charge is 0.346 e. The van der Waals surface area contributed by atoms with E-state index in [1.165, 1.54) is 16.5 Å². The maximum absolute atomic E-state index is 13.7. The predicted molar refractivity (Wildman–Crippen MR) is 147 cm³/mol. The normalized spacial score (nSPS) is 20.8. The topological polar surface area (TPSA) is 60.8 Å². The molecule has 3 heterocycles. The fourth-order valence-corrected chi connectivity index (χ4v) is 6.18. The summed E-state index contributed by atoms with van der Waals surface area (Å²) in [6.07, 6.45) is 7.30. The second-order valence-electron chi connectivity index (χ2n) is 10.8. The van der Waals surface area contributed by atoms with E-state index >= 15 is 0 Å². The van der Waals surface area contributed by atoms with Gasteiger partial charge in [0.2, 0.25) is 5.91 Å². The van der Waals surface area contributed by atoms with Crippen LogP contribution in [-0.2, 0) is 17.8 Å². The molecule has 2 atom stereocenters. The number of likely N-dealkylation sites (N-methyl/N-ethyl adjacent to an activating group) is 1. The number of rotatable bonds is 5. The standard InChI is InChI=1S/C30H35N5O2/c1-32(2)15-16-34-19-21-18-27-25(24-11-8-12-26(34)28(21)24)17-22(29(36)33-13-6-7-14-33)20-35(27)30(37)31-23-9-4-3-5-10-23/h3-5,8-12,17,19,22,27H,6-7,13-16,18,20H2,1-2H3,(H,31,37)/t22-,27+/m0/s1. The fraction of sp³-hybridized carbons (Fsp3) is 0.400. The SMILES string of the molecule is CN(C)CCn1cc2c3c(cccc31)C1=C[C@H](C(=O)N3CCCC3)CN(C(=O)Nc3ccccc3)[C@@H]1C2. The highest BCUT2D eigenvalue weighted by Gasteiger charge is 2.41. The van der Waals surface area contributed by atoms with Crippen LogP contribution in [-0.4, -0.2) is 77.5 Å². The second kappa shape index (κ2) is 9.71. The van der Waals surface area contributed by atoms with Gasteiger partial charge in [0.25, 0.3) is 0 Å². The zero-order valence-corrected chi connectivity index (χ0v) is 21.7. The van der Waals surface area contributed by atoms with Gasteiger partial charge < -0.3 is 24.6 Å². The van der Waals surface area contributed by atoms with Crippen LogP contribution in [0.1, 0.15) is 24.0 Å². The van der Waals surface area contributed by atoms with Gasteiger partial charge in [0.15, 0.2) is 0 Å². The van der Waals surface area contributed by atoms with Gasteiger partial charge >= 0.3 is 6.03 Å². The summed E-state index contributed by atoms with van der Waals surface area (Å²) in [7, 11) is 4.19. The minimum Gasteiger partial charge on any atom is -0.346 e. The molecule has 6 rings (SSSR count). The number of urea groups is 1. The van der Waals surface area contributed by atoms with Gasteiger partial charge in [-0.05, 0) is 68.3 Å². The maximum atomic E-state index is 13.7. The van der Waals surface area contributed by atoms with Crippen LogP contribution >= 0.6 is 0 Å². The van der Waals surface area contributed by atoms with E-state index in [1.54, 1.807) is 0 Å². The van der Waals surface area contributed by atoms with Crippen LogP contribution < -0.4 is 5.32 Å². The van der Waals surface area contributed by atoms with Gasteiger partial charge in [-0.15, -0.1) is 0 Å². The molecule has 0 radical (unpaired) electrons. The summed E-state index contributed by atoms with van der Waals surface area (Å²) in [5.74, 6) is -0.194. The number of carbonyl (C=O) groups is 2. The summed E-state index contributed by atoms with van der Waals surface area (Å²) in [6.45, 7) is 3.89. The minimum absolute atomic E-state index is 0.103. The molecule has 3 amide bonds. The van der Waals surface area contributed by atoms with Crippen molar-refractivity contribution in [3.05, 3.63) is 71.9 Å². The first-order valence-electron chi connectivity index (χ1n) is 13.4. The number of amides is 3. The molecule has 0 spiro atoms. The number of hydrogen-bond acceptors (Lipinski definition) is 3. The number of aromatic nitrogens is 1. The van der Waals surface area contributed by atoms with Crippen molar-refractivity contribution in [2.24, 2.45) is 5.92 Å². The molecule has 1 fully saturated rings. The lowest BCUT2D eigenvalue weighted by Crippen LogP contribution is -2.52. The average molecular weight is 498 g/mol. The molecule has 2 aliphatic heterocycles. The van der Waals surface area contributed by atoms with Crippen molar-refractivity contribution in [3.8, 4) is 0 Å². The molecule has 37 heavy (non-hydrogen) atoms. The molecule has 1 N–H and O–H groups in total.